The summed E-state index contributed by atoms with van der Waals surface area (Å²) in [5.41, 5.74) is 1.00. The van der Waals surface area contributed by atoms with Crippen LogP contribution in [0.5, 0.6) is 5.75 Å². The summed E-state index contributed by atoms with van der Waals surface area (Å²) in [5, 5.41) is 3.10. The molecular formula is C16H19F5OS. The highest BCUT2D eigenvalue weighted by atomic mass is 32.2. The van der Waals surface area contributed by atoms with Gasteiger partial charge in [-0.3, -0.25) is 23.5 Å². The Morgan fingerprint density at radius 2 is 1.39 bits per heavy atom. The van der Waals surface area contributed by atoms with Crippen LogP contribution in [0.3, 0.4) is 0 Å². The molecule has 0 aliphatic heterocycles. The van der Waals surface area contributed by atoms with E-state index in [1.807, 2.05) is 49.4 Å². The Morgan fingerprint density at radius 3 is 1.91 bits per heavy atom. The largest absolute Gasteiger partial charge is 0.494 e. The van der Waals surface area contributed by atoms with Crippen LogP contribution >= 0.6 is 11.8 Å². The first-order valence-corrected chi connectivity index (χ1v) is 6.66. The lowest BCUT2D eigenvalue weighted by atomic mass is 10.2. The Bertz CT molecular complexity index is 552. The first kappa shape index (κ1) is 28.9. The smallest absolute Gasteiger partial charge is 0.119 e. The number of rotatable bonds is 3. The van der Waals surface area contributed by atoms with Gasteiger partial charge in [0.1, 0.15) is 5.75 Å². The fourth-order valence-corrected chi connectivity index (χ4v) is 2.01. The van der Waals surface area contributed by atoms with Gasteiger partial charge in [0.2, 0.25) is 0 Å². The molecule has 0 aromatic heterocycles. The minimum atomic E-state index is 0. The average Bonchev–Trinajstić information content (AvgIpc) is 2.42. The third kappa shape index (κ3) is 10.2. The second kappa shape index (κ2) is 16.2. The van der Waals surface area contributed by atoms with E-state index in [1.165, 1.54) is 11.8 Å². The second-order valence-electron chi connectivity index (χ2n) is 3.60. The summed E-state index contributed by atoms with van der Waals surface area (Å²) >= 11 is 1.54. The molecule has 0 aliphatic rings. The summed E-state index contributed by atoms with van der Waals surface area (Å²) in [6.07, 6.45) is 0. The molecule has 0 unspecified atom stereocenters. The van der Waals surface area contributed by atoms with E-state index in [-0.39, 0.29) is 23.5 Å². The minimum absolute atomic E-state index is 0. The minimum Gasteiger partial charge on any atom is -0.494 e. The Morgan fingerprint density at radius 1 is 0.826 bits per heavy atom. The van der Waals surface area contributed by atoms with Gasteiger partial charge < -0.3 is 4.74 Å². The van der Waals surface area contributed by atoms with Crippen LogP contribution in [0.25, 0.3) is 0 Å². The Balaban J connectivity index is -0.000000361. The van der Waals surface area contributed by atoms with Crippen LogP contribution in [0, 0.1) is 11.2 Å². The normalized spacial score (nSPS) is 7.35. The highest BCUT2D eigenvalue weighted by Gasteiger charge is 1.91. The number of benzene rings is 2. The van der Waals surface area contributed by atoms with Crippen molar-refractivity contribution in [2.24, 2.45) is 0 Å². The van der Waals surface area contributed by atoms with Crippen LogP contribution in [0.4, 0.5) is 23.5 Å². The number of hydrogen-bond acceptors (Lipinski definition) is 2. The topological polar surface area (TPSA) is 9.23 Å². The van der Waals surface area contributed by atoms with Crippen LogP contribution in [0.1, 0.15) is 12.5 Å². The molecule has 0 saturated carbocycles. The van der Waals surface area contributed by atoms with Gasteiger partial charge in [0, 0.05) is 10.5 Å². The summed E-state index contributed by atoms with van der Waals surface area (Å²) in [4.78, 5) is 1.16. The lowest BCUT2D eigenvalue weighted by Crippen LogP contribution is -1.90. The van der Waals surface area contributed by atoms with Crippen molar-refractivity contribution >= 4 is 11.8 Å². The van der Waals surface area contributed by atoms with Gasteiger partial charge >= 0.3 is 0 Å². The maximum absolute atomic E-state index is 5.38. The molecule has 2 rings (SSSR count). The zero-order chi connectivity index (χ0) is 12.6. The molecule has 23 heavy (non-hydrogen) atoms. The van der Waals surface area contributed by atoms with Crippen LogP contribution in [0.2, 0.25) is 0 Å². The highest BCUT2D eigenvalue weighted by molar-refractivity contribution is 8.03. The molecule has 130 valence electrons. The van der Waals surface area contributed by atoms with E-state index in [2.05, 4.69) is 23.3 Å². The molecule has 0 heterocycles. The molecule has 0 amide bonds. The van der Waals surface area contributed by atoms with Crippen molar-refractivity contribution in [3.05, 3.63) is 60.2 Å². The SMILES string of the molecule is CCOc1ccc(C#CSc2ccccc2)cc1.F.F.F.F.F. The van der Waals surface area contributed by atoms with Gasteiger partial charge in [-0.1, -0.05) is 24.1 Å². The van der Waals surface area contributed by atoms with Crippen molar-refractivity contribution in [1.82, 2.24) is 0 Å². The third-order valence-corrected chi connectivity index (χ3v) is 2.98. The van der Waals surface area contributed by atoms with Crippen molar-refractivity contribution < 1.29 is 28.3 Å². The number of hydrogen-bond donors (Lipinski definition) is 0. The standard InChI is InChI=1S/C16H14OS.5FH/c1-2-17-15-10-8-14(9-11-15)12-13-18-16-6-4-3-5-7-16;;;;;/h3-11H,2H2,1H3;5*1H. The molecule has 0 fully saturated rings. The molecule has 2 aromatic carbocycles. The van der Waals surface area contributed by atoms with E-state index in [4.69, 9.17) is 4.74 Å². The highest BCUT2D eigenvalue weighted by Crippen LogP contribution is 2.16. The molecule has 0 spiro atoms. The zero-order valence-corrected chi connectivity index (χ0v) is 13.1. The zero-order valence-electron chi connectivity index (χ0n) is 12.3. The Labute approximate surface area is 136 Å². The van der Waals surface area contributed by atoms with Crippen LogP contribution < -0.4 is 4.74 Å². The molecule has 0 aliphatic carbocycles. The van der Waals surface area contributed by atoms with Crippen molar-refractivity contribution in [2.75, 3.05) is 6.61 Å². The van der Waals surface area contributed by atoms with E-state index < -0.39 is 0 Å². The Kier molecular flexibility index (Phi) is 20.3. The number of ether oxygens (including phenoxy) is 1. The molecule has 0 bridgehead atoms. The predicted molar refractivity (Wildman–Crippen MR) is 89.3 cm³/mol. The monoisotopic (exact) mass is 354 g/mol. The first-order chi connectivity index (χ1) is 8.88. The second-order valence-corrected chi connectivity index (χ2v) is 4.48. The summed E-state index contributed by atoms with van der Waals surface area (Å²) in [5.74, 6) is 4.01. The van der Waals surface area contributed by atoms with E-state index in [9.17, 15) is 0 Å². The summed E-state index contributed by atoms with van der Waals surface area (Å²) in [7, 11) is 0. The molecule has 0 N–H and O–H groups in total. The molecule has 1 nitrogen and oxygen atoms in total. The van der Waals surface area contributed by atoms with Crippen LogP contribution in [-0.4, -0.2) is 6.61 Å². The Hall–Kier alpha value is -2.20. The van der Waals surface area contributed by atoms with Crippen molar-refractivity contribution in [3.63, 3.8) is 0 Å². The number of thioether (sulfide) groups is 1. The van der Waals surface area contributed by atoms with Gasteiger partial charge in [0.15, 0.2) is 0 Å². The average molecular weight is 354 g/mol. The summed E-state index contributed by atoms with van der Waals surface area (Å²) in [6.45, 7) is 2.67. The van der Waals surface area contributed by atoms with Crippen molar-refractivity contribution in [2.45, 2.75) is 11.8 Å². The van der Waals surface area contributed by atoms with E-state index in [1.54, 1.807) is 0 Å². The maximum Gasteiger partial charge on any atom is 0.119 e. The lowest BCUT2D eigenvalue weighted by molar-refractivity contribution is 0.340. The quantitative estimate of drug-likeness (QED) is 0.438. The van der Waals surface area contributed by atoms with Crippen molar-refractivity contribution in [1.29, 1.82) is 0 Å². The molecule has 0 radical (unpaired) electrons. The first-order valence-electron chi connectivity index (χ1n) is 5.84. The molecule has 0 saturated heterocycles. The van der Waals surface area contributed by atoms with Crippen molar-refractivity contribution in [3.8, 4) is 16.9 Å². The number of halogens is 5. The van der Waals surface area contributed by atoms with Gasteiger partial charge in [0.05, 0.1) is 6.61 Å². The van der Waals surface area contributed by atoms with Gasteiger partial charge in [-0.2, -0.15) is 0 Å². The lowest BCUT2D eigenvalue weighted by Gasteiger charge is -2.01. The maximum atomic E-state index is 5.38. The molecule has 2 aromatic rings. The van der Waals surface area contributed by atoms with E-state index in [0.29, 0.717) is 6.61 Å². The summed E-state index contributed by atoms with van der Waals surface area (Å²) in [6, 6.07) is 18.0. The molecule has 7 heteroatoms. The van der Waals surface area contributed by atoms with Gasteiger partial charge in [-0.05, 0) is 60.3 Å². The van der Waals surface area contributed by atoms with Gasteiger partial charge in [-0.15, -0.1) is 0 Å². The third-order valence-electron chi connectivity index (χ3n) is 2.27. The molecular weight excluding hydrogens is 335 g/mol. The van der Waals surface area contributed by atoms with Crippen LogP contribution in [0.15, 0.2) is 59.5 Å². The van der Waals surface area contributed by atoms with E-state index >= 15 is 0 Å². The molecule has 0 atom stereocenters. The fourth-order valence-electron chi connectivity index (χ4n) is 1.43. The van der Waals surface area contributed by atoms with Gasteiger partial charge in [0.25, 0.3) is 0 Å². The van der Waals surface area contributed by atoms with E-state index in [0.717, 1.165) is 16.2 Å². The van der Waals surface area contributed by atoms with Crippen LogP contribution in [-0.2, 0) is 0 Å². The predicted octanol–water partition coefficient (Wildman–Crippen LogP) is 4.95. The fraction of sp³-hybridized carbons (Fsp3) is 0.125. The van der Waals surface area contributed by atoms with Gasteiger partial charge in [-0.25, -0.2) is 0 Å². The summed E-state index contributed by atoms with van der Waals surface area (Å²) < 4.78 is 5.38.